The van der Waals surface area contributed by atoms with Gasteiger partial charge in [-0.1, -0.05) is 12.1 Å². The maximum Gasteiger partial charge on any atom is 0.251 e. The van der Waals surface area contributed by atoms with Crippen molar-refractivity contribution in [3.8, 4) is 5.75 Å². The molecule has 0 atom stereocenters. The third-order valence-electron chi connectivity index (χ3n) is 3.87. The Hall–Kier alpha value is -3.35. The molecule has 0 saturated heterocycles. The van der Waals surface area contributed by atoms with E-state index in [1.807, 2.05) is 24.3 Å². The highest BCUT2D eigenvalue weighted by Crippen LogP contribution is 2.13. The van der Waals surface area contributed by atoms with Crippen LogP contribution in [0.15, 0.2) is 48.5 Å². The van der Waals surface area contributed by atoms with E-state index in [2.05, 4.69) is 20.6 Å². The number of benzene rings is 2. The average Bonchev–Trinajstić information content (AvgIpc) is 3.07. The monoisotopic (exact) mass is 352 g/mol. The van der Waals surface area contributed by atoms with E-state index in [1.165, 1.54) is 0 Å². The molecule has 0 unspecified atom stereocenters. The molecule has 134 valence electrons. The highest BCUT2D eigenvalue weighted by atomic mass is 16.5. The summed E-state index contributed by atoms with van der Waals surface area (Å²) in [4.78, 5) is 31.3. The highest BCUT2D eigenvalue weighted by Gasteiger charge is 2.08. The number of fused-ring (bicyclic) bond motifs is 1. The summed E-state index contributed by atoms with van der Waals surface area (Å²) in [6.45, 7) is 0.415. The number of amides is 2. The molecule has 0 aliphatic carbocycles. The number of aromatic nitrogens is 2. The van der Waals surface area contributed by atoms with Gasteiger partial charge in [0.2, 0.25) is 11.9 Å². The van der Waals surface area contributed by atoms with Gasteiger partial charge >= 0.3 is 0 Å². The molecule has 0 radical (unpaired) electrons. The van der Waals surface area contributed by atoms with Crippen LogP contribution in [0, 0.1) is 0 Å². The maximum absolute atomic E-state index is 12.0. The SMILES string of the molecule is COc1ccc(C(=O)NCCCC(=O)Nc2nc3ccccc3[nH]2)cc1. The second-order valence-electron chi connectivity index (χ2n) is 5.74. The summed E-state index contributed by atoms with van der Waals surface area (Å²) in [5.41, 5.74) is 2.22. The summed E-state index contributed by atoms with van der Waals surface area (Å²) in [5, 5.41) is 5.53. The number of hydrogen-bond acceptors (Lipinski definition) is 4. The van der Waals surface area contributed by atoms with Crippen LogP contribution in [0.4, 0.5) is 5.95 Å². The van der Waals surface area contributed by atoms with Crippen LogP contribution in [-0.2, 0) is 4.79 Å². The Morgan fingerprint density at radius 2 is 1.88 bits per heavy atom. The van der Waals surface area contributed by atoms with Crippen molar-refractivity contribution < 1.29 is 14.3 Å². The van der Waals surface area contributed by atoms with Gasteiger partial charge in [-0.2, -0.15) is 0 Å². The highest BCUT2D eigenvalue weighted by molar-refractivity contribution is 5.94. The fourth-order valence-electron chi connectivity index (χ4n) is 2.50. The molecule has 2 aromatic carbocycles. The van der Waals surface area contributed by atoms with Crippen LogP contribution in [0.1, 0.15) is 23.2 Å². The largest absolute Gasteiger partial charge is 0.497 e. The Morgan fingerprint density at radius 3 is 2.62 bits per heavy atom. The summed E-state index contributed by atoms with van der Waals surface area (Å²) >= 11 is 0. The van der Waals surface area contributed by atoms with Crippen LogP contribution in [0.5, 0.6) is 5.75 Å². The zero-order valence-corrected chi connectivity index (χ0v) is 14.4. The summed E-state index contributed by atoms with van der Waals surface area (Å²) in [6, 6.07) is 14.4. The molecule has 1 aromatic heterocycles. The van der Waals surface area contributed by atoms with Gasteiger partial charge in [0.15, 0.2) is 0 Å². The van der Waals surface area contributed by atoms with Gasteiger partial charge in [0.05, 0.1) is 18.1 Å². The topological polar surface area (TPSA) is 96.1 Å². The van der Waals surface area contributed by atoms with Gasteiger partial charge in [-0.25, -0.2) is 4.98 Å². The molecule has 7 nitrogen and oxygen atoms in total. The normalized spacial score (nSPS) is 10.5. The zero-order chi connectivity index (χ0) is 18.4. The Balaban J connectivity index is 1.41. The van der Waals surface area contributed by atoms with Crippen molar-refractivity contribution in [2.24, 2.45) is 0 Å². The minimum atomic E-state index is -0.176. The molecule has 3 rings (SSSR count). The molecule has 3 N–H and O–H groups in total. The third-order valence-corrected chi connectivity index (χ3v) is 3.87. The van der Waals surface area contributed by atoms with E-state index < -0.39 is 0 Å². The molecular formula is C19H20N4O3. The van der Waals surface area contributed by atoms with Crippen molar-refractivity contribution in [2.45, 2.75) is 12.8 Å². The van der Waals surface area contributed by atoms with Crippen molar-refractivity contribution >= 4 is 28.8 Å². The molecule has 1 heterocycles. The number of methoxy groups -OCH3 is 1. The number of rotatable bonds is 7. The van der Waals surface area contributed by atoms with Crippen molar-refractivity contribution in [3.05, 3.63) is 54.1 Å². The molecule has 7 heteroatoms. The van der Waals surface area contributed by atoms with E-state index in [0.717, 1.165) is 11.0 Å². The Kier molecular flexibility index (Phi) is 5.48. The minimum absolute atomic E-state index is 0.150. The van der Waals surface area contributed by atoms with Gasteiger partial charge in [-0.3, -0.25) is 14.9 Å². The van der Waals surface area contributed by atoms with E-state index in [0.29, 0.717) is 36.6 Å². The van der Waals surface area contributed by atoms with Crippen molar-refractivity contribution in [2.75, 3.05) is 19.0 Å². The first kappa shape index (κ1) is 17.5. The molecule has 26 heavy (non-hydrogen) atoms. The summed E-state index contributed by atoms with van der Waals surface area (Å²) in [5.74, 6) is 0.801. The Bertz CT molecular complexity index is 870. The predicted molar refractivity (Wildman–Crippen MR) is 99.3 cm³/mol. The number of para-hydroxylation sites is 2. The van der Waals surface area contributed by atoms with Gasteiger partial charge in [0.25, 0.3) is 5.91 Å². The molecular weight excluding hydrogens is 332 g/mol. The lowest BCUT2D eigenvalue weighted by Crippen LogP contribution is -2.25. The number of imidazole rings is 1. The first-order chi connectivity index (χ1) is 12.7. The second kappa shape index (κ2) is 8.15. The molecule has 2 amide bonds. The van der Waals surface area contributed by atoms with Crippen molar-refractivity contribution in [1.29, 1.82) is 0 Å². The second-order valence-corrected chi connectivity index (χ2v) is 5.74. The van der Waals surface area contributed by atoms with E-state index in [1.54, 1.807) is 31.4 Å². The van der Waals surface area contributed by atoms with Crippen LogP contribution < -0.4 is 15.4 Å². The lowest BCUT2D eigenvalue weighted by Gasteiger charge is -2.06. The first-order valence-electron chi connectivity index (χ1n) is 8.32. The summed E-state index contributed by atoms with van der Waals surface area (Å²) < 4.78 is 5.06. The van der Waals surface area contributed by atoms with E-state index >= 15 is 0 Å². The van der Waals surface area contributed by atoms with E-state index in [9.17, 15) is 9.59 Å². The lowest BCUT2D eigenvalue weighted by molar-refractivity contribution is -0.116. The zero-order valence-electron chi connectivity index (χ0n) is 14.4. The van der Waals surface area contributed by atoms with Crippen LogP contribution >= 0.6 is 0 Å². The summed E-state index contributed by atoms with van der Waals surface area (Å²) in [7, 11) is 1.57. The van der Waals surface area contributed by atoms with E-state index in [4.69, 9.17) is 4.74 Å². The predicted octanol–water partition coefficient (Wildman–Crippen LogP) is 2.72. The Labute approximate surface area is 150 Å². The van der Waals surface area contributed by atoms with Gasteiger partial charge in [-0.15, -0.1) is 0 Å². The molecule has 0 bridgehead atoms. The minimum Gasteiger partial charge on any atom is -0.497 e. The average molecular weight is 352 g/mol. The summed E-state index contributed by atoms with van der Waals surface area (Å²) in [6.07, 6.45) is 0.827. The fourth-order valence-corrected chi connectivity index (χ4v) is 2.50. The van der Waals surface area contributed by atoms with Gasteiger partial charge in [0.1, 0.15) is 5.75 Å². The molecule has 3 aromatic rings. The number of carbonyl (C=O) groups excluding carboxylic acids is 2. The number of H-pyrrole nitrogens is 1. The standard InChI is InChI=1S/C19H20N4O3/c1-26-14-10-8-13(9-11-14)18(25)20-12-4-7-17(24)23-19-21-15-5-2-3-6-16(15)22-19/h2-3,5-6,8-11H,4,7,12H2,1H3,(H,20,25)(H2,21,22,23,24). The van der Waals surface area contributed by atoms with Gasteiger partial charge in [-0.05, 0) is 42.8 Å². The van der Waals surface area contributed by atoms with Crippen LogP contribution in [-0.4, -0.2) is 35.4 Å². The molecule has 0 aliphatic heterocycles. The molecule has 0 spiro atoms. The molecule has 0 fully saturated rings. The number of nitrogens with one attached hydrogen (secondary N) is 3. The van der Waals surface area contributed by atoms with Crippen molar-refractivity contribution in [1.82, 2.24) is 15.3 Å². The molecule has 0 saturated carbocycles. The number of nitrogens with zero attached hydrogens (tertiary/aromatic N) is 1. The third kappa shape index (κ3) is 4.38. The first-order valence-corrected chi connectivity index (χ1v) is 8.32. The number of carbonyl (C=O) groups is 2. The van der Waals surface area contributed by atoms with Crippen LogP contribution in [0.3, 0.4) is 0 Å². The van der Waals surface area contributed by atoms with Crippen LogP contribution in [0.25, 0.3) is 11.0 Å². The maximum atomic E-state index is 12.0. The smallest absolute Gasteiger partial charge is 0.251 e. The van der Waals surface area contributed by atoms with Gasteiger partial charge < -0.3 is 15.0 Å². The Morgan fingerprint density at radius 1 is 1.12 bits per heavy atom. The van der Waals surface area contributed by atoms with Crippen molar-refractivity contribution in [3.63, 3.8) is 0 Å². The number of anilines is 1. The molecule has 0 aliphatic rings. The van der Waals surface area contributed by atoms with Gasteiger partial charge in [0, 0.05) is 18.5 Å². The van der Waals surface area contributed by atoms with E-state index in [-0.39, 0.29) is 11.8 Å². The lowest BCUT2D eigenvalue weighted by atomic mass is 10.2. The van der Waals surface area contributed by atoms with Crippen LogP contribution in [0.2, 0.25) is 0 Å². The quantitative estimate of drug-likeness (QED) is 0.570. The number of ether oxygens (including phenoxy) is 1. The number of aromatic amines is 1. The fraction of sp³-hybridized carbons (Fsp3) is 0.211. The number of hydrogen-bond donors (Lipinski definition) is 3.